The van der Waals surface area contributed by atoms with Gasteiger partial charge in [0.2, 0.25) is 0 Å². The Kier molecular flexibility index (Phi) is 5.58. The maximum absolute atomic E-state index is 11.8. The molecule has 1 aromatic heterocycles. The number of nitrogens with zero attached hydrogens (tertiary/aromatic N) is 2. The van der Waals surface area contributed by atoms with Crippen molar-refractivity contribution in [2.24, 2.45) is 11.8 Å². The van der Waals surface area contributed by atoms with Crippen molar-refractivity contribution in [2.45, 2.75) is 47.5 Å². The molecule has 1 N–H and O–H groups in total. The van der Waals surface area contributed by atoms with Gasteiger partial charge in [-0.2, -0.15) is 0 Å². The standard InChI is InChI=1S/C15H27N3O/c1-10(2)8-18(9-11(3)4)13-7-14(19)17-15(16-13)12(5)6/h7,10-12H,8-9H2,1-6H3,(H,16,17,19). The van der Waals surface area contributed by atoms with Gasteiger partial charge in [-0.25, -0.2) is 4.98 Å². The number of aromatic nitrogens is 2. The van der Waals surface area contributed by atoms with Crippen LogP contribution in [0.1, 0.15) is 53.3 Å². The molecule has 108 valence electrons. The molecule has 0 atom stereocenters. The summed E-state index contributed by atoms with van der Waals surface area (Å²) in [5.74, 6) is 2.88. The zero-order chi connectivity index (χ0) is 14.6. The van der Waals surface area contributed by atoms with Crippen LogP contribution in [0.25, 0.3) is 0 Å². The molecule has 0 aliphatic heterocycles. The Balaban J connectivity index is 3.10. The summed E-state index contributed by atoms with van der Waals surface area (Å²) in [5, 5.41) is 0. The Morgan fingerprint density at radius 3 is 2.05 bits per heavy atom. The molecule has 0 aliphatic carbocycles. The fraction of sp³-hybridized carbons (Fsp3) is 0.733. The zero-order valence-electron chi connectivity index (χ0n) is 13.0. The predicted molar refractivity (Wildman–Crippen MR) is 80.8 cm³/mol. The van der Waals surface area contributed by atoms with Crippen molar-refractivity contribution in [3.63, 3.8) is 0 Å². The van der Waals surface area contributed by atoms with E-state index in [0.29, 0.717) is 11.8 Å². The summed E-state index contributed by atoms with van der Waals surface area (Å²) in [7, 11) is 0. The largest absolute Gasteiger partial charge is 0.356 e. The van der Waals surface area contributed by atoms with E-state index >= 15 is 0 Å². The van der Waals surface area contributed by atoms with E-state index in [4.69, 9.17) is 0 Å². The minimum Gasteiger partial charge on any atom is -0.356 e. The van der Waals surface area contributed by atoms with Gasteiger partial charge in [0.25, 0.3) is 5.56 Å². The number of hydrogen-bond donors (Lipinski definition) is 1. The van der Waals surface area contributed by atoms with Crippen molar-refractivity contribution < 1.29 is 0 Å². The lowest BCUT2D eigenvalue weighted by molar-refractivity contribution is 0.546. The number of anilines is 1. The molecule has 0 spiro atoms. The molecule has 1 heterocycles. The molecule has 0 bridgehead atoms. The van der Waals surface area contributed by atoms with Crippen LogP contribution in [-0.4, -0.2) is 23.1 Å². The van der Waals surface area contributed by atoms with Crippen molar-refractivity contribution in [1.82, 2.24) is 9.97 Å². The fourth-order valence-electron chi connectivity index (χ4n) is 2.04. The van der Waals surface area contributed by atoms with Gasteiger partial charge < -0.3 is 9.88 Å². The van der Waals surface area contributed by atoms with Gasteiger partial charge in [-0.3, -0.25) is 4.79 Å². The highest BCUT2D eigenvalue weighted by atomic mass is 16.1. The first-order chi connectivity index (χ1) is 8.79. The molecule has 1 rings (SSSR count). The number of H-pyrrole nitrogens is 1. The van der Waals surface area contributed by atoms with Crippen molar-refractivity contribution in [2.75, 3.05) is 18.0 Å². The molecule has 0 saturated carbocycles. The smallest absolute Gasteiger partial charge is 0.252 e. The fourth-order valence-corrected chi connectivity index (χ4v) is 2.04. The Bertz CT molecular complexity index is 439. The second-order valence-corrected chi connectivity index (χ2v) is 6.34. The molecule has 0 unspecified atom stereocenters. The van der Waals surface area contributed by atoms with Crippen LogP contribution in [0.4, 0.5) is 5.82 Å². The van der Waals surface area contributed by atoms with Crippen LogP contribution in [0.5, 0.6) is 0 Å². The average Bonchev–Trinajstić information content (AvgIpc) is 2.25. The summed E-state index contributed by atoms with van der Waals surface area (Å²) < 4.78 is 0. The lowest BCUT2D eigenvalue weighted by atomic mass is 10.1. The van der Waals surface area contributed by atoms with Crippen LogP contribution in [0, 0.1) is 11.8 Å². The van der Waals surface area contributed by atoms with E-state index in [-0.39, 0.29) is 11.5 Å². The molecule has 0 amide bonds. The van der Waals surface area contributed by atoms with Gasteiger partial charge in [0, 0.05) is 25.1 Å². The van der Waals surface area contributed by atoms with Gasteiger partial charge >= 0.3 is 0 Å². The quantitative estimate of drug-likeness (QED) is 0.860. The number of nitrogens with one attached hydrogen (secondary N) is 1. The van der Waals surface area contributed by atoms with E-state index in [1.54, 1.807) is 6.07 Å². The van der Waals surface area contributed by atoms with Crippen LogP contribution in [0.2, 0.25) is 0 Å². The van der Waals surface area contributed by atoms with Crippen molar-refractivity contribution >= 4 is 5.82 Å². The van der Waals surface area contributed by atoms with Crippen molar-refractivity contribution in [3.8, 4) is 0 Å². The third-order valence-electron chi connectivity index (χ3n) is 2.79. The molecule has 0 fully saturated rings. The van der Waals surface area contributed by atoms with Crippen LogP contribution in [-0.2, 0) is 0 Å². The van der Waals surface area contributed by atoms with Crippen molar-refractivity contribution in [1.29, 1.82) is 0 Å². The highest BCUT2D eigenvalue weighted by Gasteiger charge is 2.14. The molecule has 19 heavy (non-hydrogen) atoms. The molecular formula is C15H27N3O. The first-order valence-electron chi connectivity index (χ1n) is 7.15. The van der Waals surface area contributed by atoms with Gasteiger partial charge in [-0.1, -0.05) is 41.5 Å². The maximum Gasteiger partial charge on any atom is 0.252 e. The monoisotopic (exact) mass is 265 g/mol. The maximum atomic E-state index is 11.8. The van der Waals surface area contributed by atoms with E-state index in [1.807, 2.05) is 13.8 Å². The van der Waals surface area contributed by atoms with E-state index in [0.717, 1.165) is 24.7 Å². The zero-order valence-corrected chi connectivity index (χ0v) is 13.0. The van der Waals surface area contributed by atoms with Gasteiger partial charge in [0.05, 0.1) is 0 Å². The lowest BCUT2D eigenvalue weighted by Crippen LogP contribution is -2.33. The summed E-state index contributed by atoms with van der Waals surface area (Å²) in [4.78, 5) is 21.4. The van der Waals surface area contributed by atoms with Gasteiger partial charge in [0.15, 0.2) is 0 Å². The Labute approximate surface area is 116 Å². The Morgan fingerprint density at radius 2 is 1.63 bits per heavy atom. The third kappa shape index (κ3) is 5.05. The Hall–Kier alpha value is -1.32. The second kappa shape index (κ2) is 6.73. The summed E-state index contributed by atoms with van der Waals surface area (Å²) in [5.41, 5.74) is -0.0637. The van der Waals surface area contributed by atoms with Gasteiger partial charge in [0.1, 0.15) is 11.6 Å². The normalized spacial score (nSPS) is 11.6. The summed E-state index contributed by atoms with van der Waals surface area (Å²) in [6, 6.07) is 1.61. The van der Waals surface area contributed by atoms with E-state index in [2.05, 4.69) is 42.6 Å². The summed E-state index contributed by atoms with van der Waals surface area (Å²) in [6.07, 6.45) is 0. The highest BCUT2D eigenvalue weighted by molar-refractivity contribution is 5.37. The van der Waals surface area contributed by atoms with Crippen LogP contribution in [0.15, 0.2) is 10.9 Å². The minimum atomic E-state index is -0.0637. The minimum absolute atomic E-state index is 0.0637. The first-order valence-corrected chi connectivity index (χ1v) is 7.15. The predicted octanol–water partition coefficient (Wildman–Crippen LogP) is 3.01. The summed E-state index contributed by atoms with van der Waals surface area (Å²) >= 11 is 0. The third-order valence-corrected chi connectivity index (χ3v) is 2.79. The number of aromatic amines is 1. The molecule has 0 aliphatic rings. The molecule has 0 aromatic carbocycles. The van der Waals surface area contributed by atoms with E-state index < -0.39 is 0 Å². The first kappa shape index (κ1) is 15.7. The topological polar surface area (TPSA) is 49.0 Å². The van der Waals surface area contributed by atoms with E-state index in [9.17, 15) is 4.79 Å². The second-order valence-electron chi connectivity index (χ2n) is 6.34. The summed E-state index contributed by atoms with van der Waals surface area (Å²) in [6.45, 7) is 14.7. The number of rotatable bonds is 6. The molecule has 4 heteroatoms. The average molecular weight is 265 g/mol. The lowest BCUT2D eigenvalue weighted by Gasteiger charge is -2.27. The molecule has 0 saturated heterocycles. The highest BCUT2D eigenvalue weighted by Crippen LogP contribution is 2.16. The van der Waals surface area contributed by atoms with Gasteiger partial charge in [-0.05, 0) is 11.8 Å². The van der Waals surface area contributed by atoms with E-state index in [1.165, 1.54) is 0 Å². The van der Waals surface area contributed by atoms with Gasteiger partial charge in [-0.15, -0.1) is 0 Å². The van der Waals surface area contributed by atoms with Crippen LogP contribution in [0.3, 0.4) is 0 Å². The van der Waals surface area contributed by atoms with Crippen molar-refractivity contribution in [3.05, 3.63) is 22.2 Å². The Morgan fingerprint density at radius 1 is 1.11 bits per heavy atom. The SMILES string of the molecule is CC(C)CN(CC(C)C)c1cc(=O)[nH]c(C(C)C)n1. The molecule has 4 nitrogen and oxygen atoms in total. The number of hydrogen-bond acceptors (Lipinski definition) is 3. The molecule has 0 radical (unpaired) electrons. The molecular weight excluding hydrogens is 238 g/mol. The molecule has 1 aromatic rings. The van der Waals surface area contributed by atoms with Crippen LogP contribution < -0.4 is 10.5 Å². The van der Waals surface area contributed by atoms with Crippen LogP contribution >= 0.6 is 0 Å².